The summed E-state index contributed by atoms with van der Waals surface area (Å²) in [4.78, 5) is 24.9. The Kier molecular flexibility index (Phi) is 11.9. The second-order valence-corrected chi connectivity index (χ2v) is 17.4. The van der Waals surface area contributed by atoms with Crippen LogP contribution in [0.15, 0.2) is 78.0 Å². The lowest BCUT2D eigenvalue weighted by Gasteiger charge is -2.31. The highest BCUT2D eigenvalue weighted by molar-refractivity contribution is 7.89. The smallest absolute Gasteiger partial charge is 0.407 e. The molecule has 4 aromatic rings. The number of sulfonamides is 1. The quantitative estimate of drug-likeness (QED) is 0.160. The van der Waals surface area contributed by atoms with Crippen LogP contribution in [-0.2, 0) is 37.2 Å². The van der Waals surface area contributed by atoms with Crippen LogP contribution in [0.2, 0.25) is 0 Å². The van der Waals surface area contributed by atoms with Gasteiger partial charge >= 0.3 is 6.09 Å². The molecule has 3 fully saturated rings. The van der Waals surface area contributed by atoms with Crippen LogP contribution in [0.25, 0.3) is 10.2 Å². The third-order valence-electron chi connectivity index (χ3n) is 10.1. The summed E-state index contributed by atoms with van der Waals surface area (Å²) in [6.45, 7) is 6.99. The SMILES string of the molecule is CC(C)CN(CC(O)C(Cc1ccccc1)NC(=O)OC1COC2OCCC12)S(=O)(=O)c1ccc2nc(N(Cc3cccnc3)C3CCNC3)sc2c1. The fraction of sp³-hybridized carbons (Fsp3) is 0.500. The Morgan fingerprint density at radius 2 is 1.92 bits per heavy atom. The number of fused-ring (bicyclic) bond motifs is 2. The van der Waals surface area contributed by atoms with Gasteiger partial charge in [0.25, 0.3) is 0 Å². The number of hydrogen-bond donors (Lipinski definition) is 3. The van der Waals surface area contributed by atoms with Gasteiger partial charge in [-0.05, 0) is 67.1 Å². The van der Waals surface area contributed by atoms with E-state index in [1.54, 1.807) is 24.4 Å². The van der Waals surface area contributed by atoms with E-state index < -0.39 is 34.4 Å². The number of pyridine rings is 1. The molecule has 53 heavy (non-hydrogen) atoms. The van der Waals surface area contributed by atoms with Crippen molar-refractivity contribution in [3.63, 3.8) is 0 Å². The molecule has 2 aromatic heterocycles. The van der Waals surface area contributed by atoms with Crippen LogP contribution in [0, 0.1) is 11.8 Å². The molecule has 0 bridgehead atoms. The maximum absolute atomic E-state index is 14.4. The van der Waals surface area contributed by atoms with E-state index in [1.165, 1.54) is 15.6 Å². The second kappa shape index (κ2) is 16.8. The maximum atomic E-state index is 14.4. The summed E-state index contributed by atoms with van der Waals surface area (Å²) in [5.41, 5.74) is 2.67. The summed E-state index contributed by atoms with van der Waals surface area (Å²) in [6.07, 6.45) is 2.81. The fourth-order valence-corrected chi connectivity index (χ4v) is 10.1. The molecule has 3 aliphatic rings. The lowest BCUT2D eigenvalue weighted by molar-refractivity contribution is -0.0907. The van der Waals surface area contributed by atoms with Crippen molar-refractivity contribution < 1.29 is 32.5 Å². The highest BCUT2D eigenvalue weighted by Crippen LogP contribution is 2.35. The highest BCUT2D eigenvalue weighted by Gasteiger charge is 2.44. The van der Waals surface area contributed by atoms with E-state index in [-0.39, 0.29) is 55.2 Å². The zero-order valence-electron chi connectivity index (χ0n) is 30.0. The summed E-state index contributed by atoms with van der Waals surface area (Å²) in [7, 11) is -4.08. The van der Waals surface area contributed by atoms with E-state index in [4.69, 9.17) is 19.2 Å². The number of nitrogens with zero attached hydrogens (tertiary/aromatic N) is 4. The number of ether oxygens (including phenoxy) is 3. The molecule has 3 aliphatic heterocycles. The van der Waals surface area contributed by atoms with Crippen molar-refractivity contribution in [2.24, 2.45) is 11.8 Å². The minimum atomic E-state index is -4.08. The van der Waals surface area contributed by atoms with Crippen LogP contribution in [0.4, 0.5) is 9.93 Å². The predicted octanol–water partition coefficient (Wildman–Crippen LogP) is 4.17. The number of anilines is 1. The van der Waals surface area contributed by atoms with E-state index in [9.17, 15) is 18.3 Å². The molecule has 3 saturated heterocycles. The van der Waals surface area contributed by atoms with Gasteiger partial charge in [-0.3, -0.25) is 4.98 Å². The van der Waals surface area contributed by atoms with E-state index >= 15 is 0 Å². The molecule has 0 radical (unpaired) electrons. The van der Waals surface area contributed by atoms with Gasteiger partial charge in [-0.2, -0.15) is 4.31 Å². The highest BCUT2D eigenvalue weighted by atomic mass is 32.2. The van der Waals surface area contributed by atoms with E-state index in [2.05, 4.69) is 20.5 Å². The van der Waals surface area contributed by atoms with Crippen LogP contribution in [0.5, 0.6) is 0 Å². The summed E-state index contributed by atoms with van der Waals surface area (Å²) in [5.74, 6) is -0.0768. The van der Waals surface area contributed by atoms with Crippen molar-refractivity contribution in [2.75, 3.05) is 44.3 Å². The van der Waals surface area contributed by atoms with Crippen LogP contribution in [0.3, 0.4) is 0 Å². The standard InChI is InChI=1S/C38H48N6O7S2/c1-25(2)21-43(23-33(45)32(17-26-7-4-3-5-8-26)42-38(46)51-34-24-50-36-30(34)13-16-49-36)53(47,48)29-10-11-31-35(18-29)52-37(41-31)44(28-12-15-40-20-28)22-27-9-6-14-39-19-27/h3-11,14,18-19,25,28,30,32-34,36,40,45H,12-13,15-17,20-24H2,1-2H3,(H,42,46). The monoisotopic (exact) mass is 764 g/mol. The van der Waals surface area contributed by atoms with Gasteiger partial charge in [0.1, 0.15) is 6.10 Å². The Labute approximate surface area is 314 Å². The van der Waals surface area contributed by atoms with Gasteiger partial charge < -0.3 is 34.9 Å². The largest absolute Gasteiger partial charge is 0.443 e. The number of thiazole rings is 1. The zero-order chi connectivity index (χ0) is 37.0. The number of aliphatic hydroxyl groups excluding tert-OH is 1. The van der Waals surface area contributed by atoms with E-state index in [1.807, 2.05) is 62.5 Å². The van der Waals surface area contributed by atoms with Crippen molar-refractivity contribution in [3.05, 3.63) is 84.2 Å². The number of carbonyl (C=O) groups excluding carboxylic acids is 1. The van der Waals surface area contributed by atoms with Crippen molar-refractivity contribution in [3.8, 4) is 0 Å². The topological polar surface area (TPSA) is 155 Å². The van der Waals surface area contributed by atoms with Gasteiger partial charge in [0.2, 0.25) is 10.0 Å². The Morgan fingerprint density at radius 1 is 1.09 bits per heavy atom. The minimum Gasteiger partial charge on any atom is -0.443 e. The molecule has 13 nitrogen and oxygen atoms in total. The molecule has 5 heterocycles. The molecule has 7 rings (SSSR count). The molecular weight excluding hydrogens is 717 g/mol. The van der Waals surface area contributed by atoms with Crippen LogP contribution in [0.1, 0.15) is 37.8 Å². The van der Waals surface area contributed by atoms with Crippen LogP contribution < -0.4 is 15.5 Å². The molecule has 15 heteroatoms. The number of nitrogens with one attached hydrogen (secondary N) is 2. The molecule has 6 atom stereocenters. The molecule has 1 amide bonds. The van der Waals surface area contributed by atoms with Crippen molar-refractivity contribution in [2.45, 2.75) is 75.1 Å². The van der Waals surface area contributed by atoms with Gasteiger partial charge in [0, 0.05) is 44.6 Å². The average Bonchev–Trinajstić information content (AvgIpc) is 3.97. The molecule has 6 unspecified atom stereocenters. The first-order valence-corrected chi connectivity index (χ1v) is 20.6. The number of aromatic nitrogens is 2. The summed E-state index contributed by atoms with van der Waals surface area (Å²) in [5, 5.41) is 18.9. The lowest BCUT2D eigenvalue weighted by atomic mass is 10.0. The third-order valence-corrected chi connectivity index (χ3v) is 12.9. The third kappa shape index (κ3) is 8.99. The Hall–Kier alpha value is -3.70. The van der Waals surface area contributed by atoms with Crippen LogP contribution >= 0.6 is 11.3 Å². The molecule has 284 valence electrons. The molecule has 0 spiro atoms. The number of carbonyl (C=O) groups is 1. The zero-order valence-corrected chi connectivity index (χ0v) is 31.7. The van der Waals surface area contributed by atoms with Gasteiger partial charge in [-0.25, -0.2) is 18.2 Å². The first kappa shape index (κ1) is 37.6. The number of alkyl carbamates (subject to hydrolysis) is 1. The van der Waals surface area contributed by atoms with Gasteiger partial charge in [-0.1, -0.05) is 61.6 Å². The molecule has 3 N–H and O–H groups in total. The number of aliphatic hydroxyl groups is 1. The van der Waals surface area contributed by atoms with Crippen molar-refractivity contribution in [1.29, 1.82) is 0 Å². The second-order valence-electron chi connectivity index (χ2n) is 14.5. The fourth-order valence-electron chi connectivity index (χ4n) is 7.31. The molecule has 2 aromatic carbocycles. The average molecular weight is 765 g/mol. The molecule has 0 aliphatic carbocycles. The Morgan fingerprint density at radius 3 is 2.68 bits per heavy atom. The van der Waals surface area contributed by atoms with Gasteiger partial charge in [0.05, 0.1) is 46.4 Å². The predicted molar refractivity (Wildman–Crippen MR) is 202 cm³/mol. The first-order chi connectivity index (χ1) is 25.6. The first-order valence-electron chi connectivity index (χ1n) is 18.3. The Balaban J connectivity index is 1.11. The van der Waals surface area contributed by atoms with Crippen molar-refractivity contribution in [1.82, 2.24) is 24.9 Å². The Bertz CT molecular complexity index is 1930. The summed E-state index contributed by atoms with van der Waals surface area (Å²) in [6, 6.07) is 17.9. The number of benzene rings is 2. The molecular formula is C38H48N6O7S2. The number of rotatable bonds is 15. The van der Waals surface area contributed by atoms with Crippen LogP contribution in [-0.4, -0.2) is 104 Å². The lowest BCUT2D eigenvalue weighted by Crippen LogP contribution is -2.51. The van der Waals surface area contributed by atoms with Gasteiger partial charge in [0.15, 0.2) is 11.4 Å². The number of amides is 1. The normalized spacial score (nSPS) is 22.7. The molecule has 0 saturated carbocycles. The van der Waals surface area contributed by atoms with E-state index in [0.29, 0.717) is 13.2 Å². The van der Waals surface area contributed by atoms with Crippen molar-refractivity contribution >= 4 is 42.8 Å². The maximum Gasteiger partial charge on any atom is 0.407 e. The minimum absolute atomic E-state index is 0.0359. The van der Waals surface area contributed by atoms with E-state index in [0.717, 1.165) is 52.4 Å². The summed E-state index contributed by atoms with van der Waals surface area (Å²) < 4.78 is 47.9. The van der Waals surface area contributed by atoms with Gasteiger partial charge in [-0.15, -0.1) is 0 Å². The number of hydrogen-bond acceptors (Lipinski definition) is 12. The summed E-state index contributed by atoms with van der Waals surface area (Å²) >= 11 is 1.47.